The summed E-state index contributed by atoms with van der Waals surface area (Å²) in [4.78, 5) is 25.5. The summed E-state index contributed by atoms with van der Waals surface area (Å²) < 4.78 is 0. The zero-order chi connectivity index (χ0) is 14.9. The van der Waals surface area contributed by atoms with Crippen molar-refractivity contribution in [2.45, 2.75) is 25.7 Å². The summed E-state index contributed by atoms with van der Waals surface area (Å²) in [6.07, 6.45) is 3.79. The predicted molar refractivity (Wildman–Crippen MR) is 83.0 cm³/mol. The zero-order valence-corrected chi connectivity index (χ0v) is 12.3. The molecular formula is C16H23N3O2. The zero-order valence-electron chi connectivity index (χ0n) is 12.3. The third-order valence-corrected chi connectivity index (χ3v) is 3.60. The first kappa shape index (κ1) is 15.4. The van der Waals surface area contributed by atoms with Crippen molar-refractivity contribution in [1.82, 2.24) is 10.2 Å². The lowest BCUT2D eigenvalue weighted by Gasteiger charge is -2.26. The third kappa shape index (κ3) is 5.45. The van der Waals surface area contributed by atoms with E-state index in [1.54, 1.807) is 0 Å². The molecule has 0 bridgehead atoms. The minimum Gasteiger partial charge on any atom is -0.376 e. The molecule has 0 radical (unpaired) electrons. The number of amides is 2. The van der Waals surface area contributed by atoms with Crippen LogP contribution in [0.1, 0.15) is 25.7 Å². The summed E-state index contributed by atoms with van der Waals surface area (Å²) in [5.74, 6) is 0.0521. The molecule has 5 heteroatoms. The van der Waals surface area contributed by atoms with E-state index >= 15 is 0 Å². The Bertz CT molecular complexity index is 456. The van der Waals surface area contributed by atoms with Gasteiger partial charge in [-0.1, -0.05) is 18.2 Å². The summed E-state index contributed by atoms with van der Waals surface area (Å²) in [5, 5.41) is 5.81. The fourth-order valence-corrected chi connectivity index (χ4v) is 2.41. The first-order valence-electron chi connectivity index (χ1n) is 7.59. The van der Waals surface area contributed by atoms with Gasteiger partial charge >= 0.3 is 0 Å². The number of hydrogen-bond acceptors (Lipinski definition) is 3. The molecule has 0 saturated carbocycles. The summed E-state index contributed by atoms with van der Waals surface area (Å²) in [6, 6.07) is 9.58. The number of piperidine rings is 1. The quantitative estimate of drug-likeness (QED) is 0.836. The van der Waals surface area contributed by atoms with Crippen molar-refractivity contribution in [3.05, 3.63) is 30.3 Å². The number of benzene rings is 1. The van der Waals surface area contributed by atoms with Crippen LogP contribution in [0.5, 0.6) is 0 Å². The van der Waals surface area contributed by atoms with Crippen LogP contribution in [0.2, 0.25) is 0 Å². The number of rotatable bonds is 6. The predicted octanol–water partition coefficient (Wildman–Crippen LogP) is 1.62. The fourth-order valence-electron chi connectivity index (χ4n) is 2.41. The Morgan fingerprint density at radius 3 is 2.48 bits per heavy atom. The van der Waals surface area contributed by atoms with E-state index in [0.717, 1.165) is 31.6 Å². The first-order chi connectivity index (χ1) is 10.3. The van der Waals surface area contributed by atoms with Crippen LogP contribution in [-0.4, -0.2) is 42.9 Å². The van der Waals surface area contributed by atoms with Crippen LogP contribution >= 0.6 is 0 Å². The van der Waals surface area contributed by atoms with Crippen LogP contribution in [0.25, 0.3) is 0 Å². The van der Waals surface area contributed by atoms with Crippen molar-refractivity contribution in [2.24, 2.45) is 0 Å². The molecule has 1 heterocycles. The molecule has 0 atom stereocenters. The topological polar surface area (TPSA) is 61.4 Å². The summed E-state index contributed by atoms with van der Waals surface area (Å²) in [7, 11) is 0. The molecule has 0 unspecified atom stereocenters. The molecule has 1 aliphatic rings. The maximum absolute atomic E-state index is 11.9. The van der Waals surface area contributed by atoms with Crippen LogP contribution in [-0.2, 0) is 9.59 Å². The van der Waals surface area contributed by atoms with Gasteiger partial charge in [0, 0.05) is 31.7 Å². The van der Waals surface area contributed by atoms with Crippen molar-refractivity contribution < 1.29 is 9.59 Å². The van der Waals surface area contributed by atoms with Crippen molar-refractivity contribution in [3.63, 3.8) is 0 Å². The highest BCUT2D eigenvalue weighted by Crippen LogP contribution is 2.09. The van der Waals surface area contributed by atoms with E-state index in [4.69, 9.17) is 0 Å². The number of hydrogen-bond donors (Lipinski definition) is 2. The average Bonchev–Trinajstić information content (AvgIpc) is 2.54. The van der Waals surface area contributed by atoms with Crippen molar-refractivity contribution >= 4 is 17.5 Å². The lowest BCUT2D eigenvalue weighted by Crippen LogP contribution is -2.38. The second kappa shape index (κ2) is 8.29. The normalized spacial score (nSPS) is 14.6. The smallest absolute Gasteiger partial charge is 0.239 e. The Kier molecular flexibility index (Phi) is 6.06. The van der Waals surface area contributed by atoms with Gasteiger partial charge in [-0.25, -0.2) is 0 Å². The molecule has 2 rings (SSSR count). The van der Waals surface area contributed by atoms with Gasteiger partial charge in [0.25, 0.3) is 0 Å². The van der Waals surface area contributed by atoms with Crippen LogP contribution in [0, 0.1) is 0 Å². The summed E-state index contributed by atoms with van der Waals surface area (Å²) >= 11 is 0. The number of para-hydroxylation sites is 1. The van der Waals surface area contributed by atoms with Gasteiger partial charge in [0.2, 0.25) is 11.8 Å². The Hall–Kier alpha value is -2.04. The Morgan fingerprint density at radius 2 is 1.76 bits per heavy atom. The molecular weight excluding hydrogens is 266 g/mol. The molecule has 114 valence electrons. The number of carbonyl (C=O) groups is 2. The first-order valence-corrected chi connectivity index (χ1v) is 7.59. The third-order valence-electron chi connectivity index (χ3n) is 3.60. The standard InChI is InChI=1S/C16H23N3O2/c20-15(13-18-14-7-3-1-4-8-14)17-10-9-16(21)19-11-5-2-6-12-19/h1,3-4,7-8,18H,2,5-6,9-13H2,(H,17,20). The second-order valence-electron chi connectivity index (χ2n) is 5.26. The molecule has 1 fully saturated rings. The van der Waals surface area contributed by atoms with Crippen LogP contribution in [0.3, 0.4) is 0 Å². The lowest BCUT2D eigenvalue weighted by atomic mass is 10.1. The van der Waals surface area contributed by atoms with Gasteiger partial charge in [-0.3, -0.25) is 9.59 Å². The van der Waals surface area contributed by atoms with E-state index in [2.05, 4.69) is 10.6 Å². The number of carbonyl (C=O) groups excluding carboxylic acids is 2. The van der Waals surface area contributed by atoms with Crippen LogP contribution < -0.4 is 10.6 Å². The molecule has 1 saturated heterocycles. The number of nitrogens with zero attached hydrogens (tertiary/aromatic N) is 1. The van der Waals surface area contributed by atoms with Crippen LogP contribution in [0.4, 0.5) is 5.69 Å². The number of likely N-dealkylation sites (tertiary alicyclic amines) is 1. The molecule has 5 nitrogen and oxygen atoms in total. The van der Waals surface area contributed by atoms with Gasteiger partial charge in [0.15, 0.2) is 0 Å². The Morgan fingerprint density at radius 1 is 1.05 bits per heavy atom. The molecule has 0 aromatic heterocycles. The second-order valence-corrected chi connectivity index (χ2v) is 5.26. The molecule has 1 aliphatic heterocycles. The van der Waals surface area contributed by atoms with Gasteiger partial charge in [0.1, 0.15) is 0 Å². The highest BCUT2D eigenvalue weighted by molar-refractivity contribution is 5.82. The van der Waals surface area contributed by atoms with Gasteiger partial charge in [-0.05, 0) is 31.4 Å². The van der Waals surface area contributed by atoms with Gasteiger partial charge in [0.05, 0.1) is 6.54 Å². The van der Waals surface area contributed by atoms with Gasteiger partial charge in [-0.15, -0.1) is 0 Å². The highest BCUT2D eigenvalue weighted by atomic mass is 16.2. The Balaban J connectivity index is 1.59. The molecule has 2 amide bonds. The molecule has 0 spiro atoms. The van der Waals surface area contributed by atoms with Gasteiger partial charge in [-0.2, -0.15) is 0 Å². The lowest BCUT2D eigenvalue weighted by molar-refractivity contribution is -0.132. The minimum absolute atomic E-state index is 0.0923. The Labute approximate surface area is 125 Å². The number of nitrogens with one attached hydrogen (secondary N) is 2. The molecule has 2 N–H and O–H groups in total. The monoisotopic (exact) mass is 289 g/mol. The minimum atomic E-state index is -0.0923. The van der Waals surface area contributed by atoms with E-state index in [1.165, 1.54) is 6.42 Å². The molecule has 0 aliphatic carbocycles. The highest BCUT2D eigenvalue weighted by Gasteiger charge is 2.15. The van der Waals surface area contributed by atoms with E-state index in [-0.39, 0.29) is 18.4 Å². The van der Waals surface area contributed by atoms with E-state index in [0.29, 0.717) is 13.0 Å². The van der Waals surface area contributed by atoms with E-state index in [9.17, 15) is 9.59 Å². The fraction of sp³-hybridized carbons (Fsp3) is 0.500. The van der Waals surface area contributed by atoms with Crippen molar-refractivity contribution in [2.75, 3.05) is 31.5 Å². The molecule has 1 aromatic carbocycles. The van der Waals surface area contributed by atoms with E-state index < -0.39 is 0 Å². The summed E-state index contributed by atoms with van der Waals surface area (Å²) in [5.41, 5.74) is 0.914. The van der Waals surface area contributed by atoms with E-state index in [1.807, 2.05) is 35.2 Å². The maximum Gasteiger partial charge on any atom is 0.239 e. The largest absolute Gasteiger partial charge is 0.376 e. The van der Waals surface area contributed by atoms with Gasteiger partial charge < -0.3 is 15.5 Å². The van der Waals surface area contributed by atoms with Crippen molar-refractivity contribution in [1.29, 1.82) is 0 Å². The summed E-state index contributed by atoms with van der Waals surface area (Å²) in [6.45, 7) is 2.36. The molecule has 1 aromatic rings. The van der Waals surface area contributed by atoms with Crippen molar-refractivity contribution in [3.8, 4) is 0 Å². The molecule has 21 heavy (non-hydrogen) atoms. The van der Waals surface area contributed by atoms with Crippen LogP contribution in [0.15, 0.2) is 30.3 Å². The SMILES string of the molecule is O=C(CNc1ccccc1)NCCC(=O)N1CCCCC1. The maximum atomic E-state index is 11.9. The average molecular weight is 289 g/mol. The number of anilines is 1.